The van der Waals surface area contributed by atoms with Gasteiger partial charge in [0.05, 0.1) is 17.5 Å². The van der Waals surface area contributed by atoms with Gasteiger partial charge < -0.3 is 5.32 Å². The van der Waals surface area contributed by atoms with E-state index in [0.29, 0.717) is 17.9 Å². The van der Waals surface area contributed by atoms with Gasteiger partial charge in [0.15, 0.2) is 5.65 Å². The van der Waals surface area contributed by atoms with Crippen LogP contribution in [0.25, 0.3) is 11.0 Å². The highest BCUT2D eigenvalue weighted by molar-refractivity contribution is 5.86. The number of nitrogens with one attached hydrogen (secondary N) is 1. The Morgan fingerprint density at radius 3 is 2.86 bits per heavy atom. The van der Waals surface area contributed by atoms with Crippen molar-refractivity contribution in [3.63, 3.8) is 0 Å². The Morgan fingerprint density at radius 2 is 2.10 bits per heavy atom. The Kier molecular flexibility index (Phi) is 3.46. The lowest BCUT2D eigenvalue weighted by Crippen LogP contribution is -2.34. The molecule has 2 heterocycles. The first-order valence-electron chi connectivity index (χ1n) is 6.91. The third kappa shape index (κ3) is 2.79. The molecule has 0 unspecified atom stereocenters. The first-order chi connectivity index (χ1) is 9.95. The third-order valence-corrected chi connectivity index (χ3v) is 4.01. The smallest absolute Gasteiger partial charge is 0.367 e. The minimum atomic E-state index is -4.12. The van der Waals surface area contributed by atoms with Crippen LogP contribution in [0.5, 0.6) is 0 Å². The summed E-state index contributed by atoms with van der Waals surface area (Å²) in [5.74, 6) is -0.670. The molecule has 1 aliphatic carbocycles. The molecule has 1 fully saturated rings. The van der Waals surface area contributed by atoms with E-state index < -0.39 is 12.1 Å². The average Bonchev–Trinajstić information content (AvgIpc) is 2.81. The first-order valence-corrected chi connectivity index (χ1v) is 6.91. The fraction of sp³-hybridized carbons (Fsp3) is 0.615. The van der Waals surface area contributed by atoms with E-state index in [1.54, 1.807) is 17.9 Å². The van der Waals surface area contributed by atoms with Gasteiger partial charge in [0.25, 0.3) is 0 Å². The molecule has 21 heavy (non-hydrogen) atoms. The number of aryl methyl sites for hydroxylation is 1. The second kappa shape index (κ2) is 5.16. The van der Waals surface area contributed by atoms with Crippen molar-refractivity contribution in [3.05, 3.63) is 12.5 Å². The number of fused-ring (bicyclic) bond motifs is 1. The lowest BCUT2D eigenvalue weighted by Gasteiger charge is -2.31. The van der Waals surface area contributed by atoms with Gasteiger partial charge in [-0.1, -0.05) is 6.42 Å². The third-order valence-electron chi connectivity index (χ3n) is 4.01. The van der Waals surface area contributed by atoms with E-state index in [-0.39, 0.29) is 18.9 Å². The Morgan fingerprint density at radius 1 is 1.29 bits per heavy atom. The normalized spacial score (nSPS) is 23.4. The maximum absolute atomic E-state index is 12.8. The lowest BCUT2D eigenvalue weighted by atomic mass is 9.85. The molecule has 0 bridgehead atoms. The van der Waals surface area contributed by atoms with Gasteiger partial charge in [-0.05, 0) is 19.3 Å². The van der Waals surface area contributed by atoms with E-state index in [9.17, 15) is 13.2 Å². The molecule has 0 amide bonds. The predicted molar refractivity (Wildman–Crippen MR) is 71.7 cm³/mol. The Hall–Kier alpha value is -1.86. The fourth-order valence-corrected chi connectivity index (χ4v) is 2.89. The summed E-state index contributed by atoms with van der Waals surface area (Å²) in [7, 11) is 1.76. The molecule has 0 aromatic carbocycles. The summed E-state index contributed by atoms with van der Waals surface area (Å²) in [4.78, 5) is 8.26. The molecule has 1 aliphatic rings. The van der Waals surface area contributed by atoms with E-state index in [2.05, 4.69) is 20.4 Å². The standard InChI is InChI=1S/C13H16F3N5/c1-21-12-10(6-19-21)11(17-7-18-12)20-9-4-2-3-8(5-9)13(14,15)16/h6-9H,2-5H2,1H3,(H,17,18,20)/t8-,9-/m0/s1. The summed E-state index contributed by atoms with van der Waals surface area (Å²) in [6.45, 7) is 0. The van der Waals surface area contributed by atoms with Gasteiger partial charge >= 0.3 is 6.18 Å². The van der Waals surface area contributed by atoms with Crippen LogP contribution in [0.4, 0.5) is 19.0 Å². The molecule has 5 nitrogen and oxygen atoms in total. The molecule has 0 radical (unpaired) electrons. The Labute approximate surface area is 119 Å². The number of halogens is 3. The van der Waals surface area contributed by atoms with Gasteiger partial charge in [-0.2, -0.15) is 18.3 Å². The van der Waals surface area contributed by atoms with E-state index in [4.69, 9.17) is 0 Å². The number of alkyl halides is 3. The van der Waals surface area contributed by atoms with Crippen LogP contribution in [-0.2, 0) is 7.05 Å². The maximum atomic E-state index is 12.8. The summed E-state index contributed by atoms with van der Waals surface area (Å²) < 4.78 is 40.1. The monoisotopic (exact) mass is 299 g/mol. The van der Waals surface area contributed by atoms with Crippen LogP contribution in [0.2, 0.25) is 0 Å². The van der Waals surface area contributed by atoms with Gasteiger partial charge in [0.2, 0.25) is 0 Å². The van der Waals surface area contributed by atoms with Gasteiger partial charge in [-0.15, -0.1) is 0 Å². The largest absolute Gasteiger partial charge is 0.391 e. The number of hydrogen-bond acceptors (Lipinski definition) is 4. The quantitative estimate of drug-likeness (QED) is 0.926. The van der Waals surface area contributed by atoms with Crippen LogP contribution in [0.15, 0.2) is 12.5 Å². The van der Waals surface area contributed by atoms with Crippen LogP contribution >= 0.6 is 0 Å². The Bertz CT molecular complexity index is 636. The lowest BCUT2D eigenvalue weighted by molar-refractivity contribution is -0.182. The molecule has 114 valence electrons. The van der Waals surface area contributed by atoms with Crippen LogP contribution in [0, 0.1) is 5.92 Å². The van der Waals surface area contributed by atoms with Crippen molar-refractivity contribution >= 4 is 16.9 Å². The summed E-state index contributed by atoms with van der Waals surface area (Å²) in [5, 5.41) is 7.96. The van der Waals surface area contributed by atoms with Crippen molar-refractivity contribution in [2.75, 3.05) is 5.32 Å². The molecule has 8 heteroatoms. The summed E-state index contributed by atoms with van der Waals surface area (Å²) in [6.07, 6.45) is 0.512. The zero-order valence-electron chi connectivity index (χ0n) is 11.6. The molecule has 0 saturated heterocycles. The van der Waals surface area contributed by atoms with Crippen molar-refractivity contribution in [3.8, 4) is 0 Å². The van der Waals surface area contributed by atoms with Crippen LogP contribution in [0.1, 0.15) is 25.7 Å². The number of rotatable bonds is 2. The molecular formula is C13H16F3N5. The number of nitrogens with zero attached hydrogens (tertiary/aromatic N) is 4. The van der Waals surface area contributed by atoms with Crippen molar-refractivity contribution in [2.24, 2.45) is 13.0 Å². The van der Waals surface area contributed by atoms with Gasteiger partial charge in [0.1, 0.15) is 12.1 Å². The molecule has 0 spiro atoms. The molecular weight excluding hydrogens is 283 g/mol. The van der Waals surface area contributed by atoms with Crippen LogP contribution < -0.4 is 5.32 Å². The van der Waals surface area contributed by atoms with E-state index in [1.165, 1.54) is 6.33 Å². The number of hydrogen-bond donors (Lipinski definition) is 1. The predicted octanol–water partition coefficient (Wildman–Crippen LogP) is 2.90. The highest BCUT2D eigenvalue weighted by atomic mass is 19.4. The molecule has 3 rings (SSSR count). The Balaban J connectivity index is 1.79. The topological polar surface area (TPSA) is 55.6 Å². The number of aromatic nitrogens is 4. The first kappa shape index (κ1) is 14.1. The van der Waals surface area contributed by atoms with Gasteiger partial charge in [-0.3, -0.25) is 4.68 Å². The second-order valence-electron chi connectivity index (χ2n) is 5.47. The molecule has 2 atom stereocenters. The van der Waals surface area contributed by atoms with E-state index >= 15 is 0 Å². The van der Waals surface area contributed by atoms with Crippen LogP contribution in [0.3, 0.4) is 0 Å². The molecule has 1 saturated carbocycles. The van der Waals surface area contributed by atoms with Gasteiger partial charge in [-0.25, -0.2) is 9.97 Å². The second-order valence-corrected chi connectivity index (χ2v) is 5.47. The SMILES string of the molecule is Cn1ncc2c(N[C@H]3CCC[C@H](C(F)(F)F)C3)ncnc21. The summed E-state index contributed by atoms with van der Waals surface area (Å²) >= 11 is 0. The van der Waals surface area contributed by atoms with Crippen molar-refractivity contribution in [2.45, 2.75) is 37.9 Å². The van der Waals surface area contributed by atoms with E-state index in [1.807, 2.05) is 0 Å². The van der Waals surface area contributed by atoms with Crippen molar-refractivity contribution in [1.82, 2.24) is 19.7 Å². The van der Waals surface area contributed by atoms with Gasteiger partial charge in [0, 0.05) is 13.1 Å². The highest BCUT2D eigenvalue weighted by Gasteiger charge is 2.42. The maximum Gasteiger partial charge on any atom is 0.391 e. The molecule has 1 N–H and O–H groups in total. The van der Waals surface area contributed by atoms with Crippen molar-refractivity contribution < 1.29 is 13.2 Å². The summed E-state index contributed by atoms with van der Waals surface area (Å²) in [6, 6.07) is -0.219. The minimum absolute atomic E-state index is 0.0925. The summed E-state index contributed by atoms with van der Waals surface area (Å²) in [5.41, 5.74) is 0.663. The van der Waals surface area contributed by atoms with Crippen LogP contribution in [-0.4, -0.2) is 32.0 Å². The van der Waals surface area contributed by atoms with E-state index in [0.717, 1.165) is 11.8 Å². The highest BCUT2D eigenvalue weighted by Crippen LogP contribution is 2.38. The minimum Gasteiger partial charge on any atom is -0.367 e. The zero-order valence-corrected chi connectivity index (χ0v) is 11.6. The zero-order chi connectivity index (χ0) is 15.0. The molecule has 2 aromatic rings. The fourth-order valence-electron chi connectivity index (χ4n) is 2.89. The number of anilines is 1. The molecule has 0 aliphatic heterocycles. The molecule has 2 aromatic heterocycles. The average molecular weight is 299 g/mol. The van der Waals surface area contributed by atoms with Crippen molar-refractivity contribution in [1.29, 1.82) is 0 Å².